The van der Waals surface area contributed by atoms with E-state index in [9.17, 15) is 4.79 Å². The van der Waals surface area contributed by atoms with Gasteiger partial charge in [-0.1, -0.05) is 51.6 Å². The molecule has 2 heteroatoms. The summed E-state index contributed by atoms with van der Waals surface area (Å²) in [6, 6.07) is 8.22. The van der Waals surface area contributed by atoms with E-state index in [-0.39, 0.29) is 11.3 Å². The lowest BCUT2D eigenvalue weighted by Gasteiger charge is -2.21. The summed E-state index contributed by atoms with van der Waals surface area (Å²) in [5.41, 5.74) is 3.14. The Morgan fingerprint density at radius 1 is 1.18 bits per heavy atom. The molecule has 1 aromatic carbocycles. The molecule has 2 nitrogen and oxygen atoms in total. The quantitative estimate of drug-likeness (QED) is 0.763. The molecule has 0 bridgehead atoms. The van der Waals surface area contributed by atoms with Gasteiger partial charge in [0.15, 0.2) is 0 Å². The Bertz CT molecular complexity index is 423. The summed E-state index contributed by atoms with van der Waals surface area (Å²) >= 11 is 0. The van der Waals surface area contributed by atoms with Crippen LogP contribution in [0.1, 0.15) is 38.8 Å². The van der Waals surface area contributed by atoms with Crippen molar-refractivity contribution in [1.29, 1.82) is 0 Å². The molecule has 1 amide bonds. The molecule has 0 N–H and O–H groups in total. The van der Waals surface area contributed by atoms with Gasteiger partial charge in [0, 0.05) is 19.7 Å². The van der Waals surface area contributed by atoms with Crippen molar-refractivity contribution in [3.63, 3.8) is 0 Å². The lowest BCUT2D eigenvalue weighted by Crippen LogP contribution is -2.21. The first-order chi connectivity index (χ1) is 7.73. The van der Waals surface area contributed by atoms with E-state index in [4.69, 9.17) is 0 Å². The van der Waals surface area contributed by atoms with Crippen LogP contribution in [0.4, 0.5) is 0 Å². The van der Waals surface area contributed by atoms with Crippen molar-refractivity contribution in [1.82, 2.24) is 4.90 Å². The molecule has 0 aromatic heterocycles. The highest BCUT2D eigenvalue weighted by Crippen LogP contribution is 2.24. The number of hydrogen-bond acceptors (Lipinski definition) is 1. The van der Waals surface area contributed by atoms with Crippen molar-refractivity contribution in [2.75, 3.05) is 7.05 Å². The van der Waals surface area contributed by atoms with Crippen LogP contribution >= 0.6 is 0 Å². The molecule has 0 unspecified atom stereocenters. The number of benzene rings is 1. The average molecular weight is 231 g/mol. The van der Waals surface area contributed by atoms with Gasteiger partial charge in [-0.2, -0.15) is 0 Å². The van der Waals surface area contributed by atoms with E-state index in [0.29, 0.717) is 0 Å². The molecule has 17 heavy (non-hydrogen) atoms. The van der Waals surface area contributed by atoms with Gasteiger partial charge in [-0.3, -0.25) is 4.79 Å². The summed E-state index contributed by atoms with van der Waals surface area (Å²) in [6.07, 6.45) is 0. The smallest absolute Gasteiger partial charge is 0.223 e. The maximum Gasteiger partial charge on any atom is 0.223 e. The highest BCUT2D eigenvalue weighted by atomic mass is 16.2. The fourth-order valence-electron chi connectivity index (χ4n) is 1.55. The van der Waals surface area contributed by atoms with E-state index in [1.54, 1.807) is 11.9 Å². The molecule has 92 valence electrons. The fraction of sp³-hybridized carbons (Fsp3) is 0.400. The third-order valence-corrected chi connectivity index (χ3v) is 2.96. The van der Waals surface area contributed by atoms with E-state index in [0.717, 1.165) is 11.3 Å². The largest absolute Gasteiger partial charge is 0.316 e. The molecule has 0 aliphatic rings. The van der Waals surface area contributed by atoms with Crippen molar-refractivity contribution in [3.8, 4) is 0 Å². The Hall–Kier alpha value is -1.57. The summed E-state index contributed by atoms with van der Waals surface area (Å²) in [5, 5.41) is 0. The number of hydrogen-bond donors (Lipinski definition) is 0. The number of carbonyl (C=O) groups excluding carboxylic acids is 1. The van der Waals surface area contributed by atoms with Crippen LogP contribution < -0.4 is 0 Å². The van der Waals surface area contributed by atoms with E-state index < -0.39 is 0 Å². The highest BCUT2D eigenvalue weighted by molar-refractivity contribution is 5.84. The van der Waals surface area contributed by atoms with E-state index >= 15 is 0 Å². The molecule has 0 atom stereocenters. The van der Waals surface area contributed by atoms with Gasteiger partial charge in [0.2, 0.25) is 5.91 Å². The van der Waals surface area contributed by atoms with Crippen LogP contribution in [-0.4, -0.2) is 17.9 Å². The molecule has 0 saturated heterocycles. The predicted molar refractivity (Wildman–Crippen MR) is 72.6 cm³/mol. The molecule has 0 aliphatic heterocycles. The van der Waals surface area contributed by atoms with Gasteiger partial charge in [-0.05, 0) is 16.5 Å². The monoisotopic (exact) mass is 231 g/mol. The van der Waals surface area contributed by atoms with Gasteiger partial charge in [-0.15, -0.1) is 0 Å². The highest BCUT2D eigenvalue weighted by Gasteiger charge is 2.14. The van der Waals surface area contributed by atoms with Crippen LogP contribution in [-0.2, 0) is 10.2 Å². The van der Waals surface area contributed by atoms with Gasteiger partial charge in [0.05, 0.1) is 0 Å². The second-order valence-corrected chi connectivity index (χ2v) is 5.35. The van der Waals surface area contributed by atoms with Gasteiger partial charge < -0.3 is 4.90 Å². The topological polar surface area (TPSA) is 20.3 Å². The van der Waals surface area contributed by atoms with Crippen LogP contribution in [0.5, 0.6) is 0 Å². The van der Waals surface area contributed by atoms with Gasteiger partial charge in [0.1, 0.15) is 0 Å². The van der Waals surface area contributed by atoms with Gasteiger partial charge in [0.25, 0.3) is 0 Å². The normalized spacial score (nSPS) is 11.1. The van der Waals surface area contributed by atoms with E-state index in [1.807, 2.05) is 12.1 Å². The van der Waals surface area contributed by atoms with Crippen molar-refractivity contribution < 1.29 is 4.79 Å². The molecule has 0 spiro atoms. The van der Waals surface area contributed by atoms with Crippen LogP contribution in [0.15, 0.2) is 30.8 Å². The minimum absolute atomic E-state index is 0.00472. The Balaban J connectivity index is 2.96. The molecular weight excluding hydrogens is 210 g/mol. The van der Waals surface area contributed by atoms with Crippen molar-refractivity contribution in [2.24, 2.45) is 0 Å². The molecule has 0 fully saturated rings. The lowest BCUT2D eigenvalue weighted by atomic mass is 9.86. The SMILES string of the molecule is C=C(c1ccc(C(C)(C)C)cc1)N(C)C(C)=O. The maximum absolute atomic E-state index is 11.2. The number of nitrogens with zero attached hydrogens (tertiary/aromatic N) is 1. The van der Waals surface area contributed by atoms with E-state index in [2.05, 4.69) is 39.5 Å². The molecule has 1 aromatic rings. The van der Waals surface area contributed by atoms with Crippen LogP contribution in [0, 0.1) is 0 Å². The molecule has 0 aliphatic carbocycles. The Labute approximate surface area is 104 Å². The number of rotatable bonds is 2. The van der Waals surface area contributed by atoms with Crippen LogP contribution in [0.2, 0.25) is 0 Å². The second-order valence-electron chi connectivity index (χ2n) is 5.35. The first-order valence-corrected chi connectivity index (χ1v) is 5.77. The average Bonchev–Trinajstić information content (AvgIpc) is 2.26. The zero-order valence-corrected chi connectivity index (χ0v) is 11.4. The van der Waals surface area contributed by atoms with Gasteiger partial charge in [-0.25, -0.2) is 0 Å². The third kappa shape index (κ3) is 3.19. The van der Waals surface area contributed by atoms with Crippen molar-refractivity contribution >= 4 is 11.6 Å². The zero-order chi connectivity index (χ0) is 13.2. The number of carbonyl (C=O) groups is 1. The lowest BCUT2D eigenvalue weighted by molar-refractivity contribution is -0.124. The molecule has 0 radical (unpaired) electrons. The number of amides is 1. The first kappa shape index (κ1) is 13.5. The zero-order valence-electron chi connectivity index (χ0n) is 11.4. The standard InChI is InChI=1S/C15H21NO/c1-11(16(6)12(2)17)13-7-9-14(10-8-13)15(3,4)5/h7-10H,1H2,2-6H3. The summed E-state index contributed by atoms with van der Waals surface area (Å²) in [7, 11) is 1.74. The minimum Gasteiger partial charge on any atom is -0.316 e. The summed E-state index contributed by atoms with van der Waals surface area (Å²) in [6.45, 7) is 12.0. The minimum atomic E-state index is -0.00472. The van der Waals surface area contributed by atoms with Crippen molar-refractivity contribution in [3.05, 3.63) is 42.0 Å². The Morgan fingerprint density at radius 3 is 2.00 bits per heavy atom. The fourth-order valence-corrected chi connectivity index (χ4v) is 1.55. The molecule has 0 heterocycles. The summed E-state index contributed by atoms with van der Waals surface area (Å²) < 4.78 is 0. The Kier molecular flexibility index (Phi) is 3.76. The maximum atomic E-state index is 11.2. The summed E-state index contributed by atoms with van der Waals surface area (Å²) in [5.74, 6) is -0.00472. The molecular formula is C15H21NO. The van der Waals surface area contributed by atoms with Crippen LogP contribution in [0.25, 0.3) is 5.70 Å². The third-order valence-electron chi connectivity index (χ3n) is 2.96. The first-order valence-electron chi connectivity index (χ1n) is 5.77. The van der Waals surface area contributed by atoms with Gasteiger partial charge >= 0.3 is 0 Å². The van der Waals surface area contributed by atoms with Crippen molar-refractivity contribution in [2.45, 2.75) is 33.1 Å². The van der Waals surface area contributed by atoms with Crippen LogP contribution in [0.3, 0.4) is 0 Å². The van der Waals surface area contributed by atoms with E-state index in [1.165, 1.54) is 12.5 Å². The predicted octanol–water partition coefficient (Wildman–Crippen LogP) is 3.43. The second kappa shape index (κ2) is 4.74. The molecule has 0 saturated carbocycles. The molecule has 1 rings (SSSR count). The Morgan fingerprint density at radius 2 is 1.65 bits per heavy atom. The summed E-state index contributed by atoms with van der Waals surface area (Å²) in [4.78, 5) is 12.8.